The average Bonchev–Trinajstić information content (AvgIpc) is 2.23. The molecule has 1 unspecified atom stereocenters. The predicted octanol–water partition coefficient (Wildman–Crippen LogP) is 4.36. The highest BCUT2D eigenvalue weighted by atomic mass is 32.2. The molecule has 19 heavy (non-hydrogen) atoms. The molecule has 1 aromatic rings. The summed E-state index contributed by atoms with van der Waals surface area (Å²) in [4.78, 5) is 0. The summed E-state index contributed by atoms with van der Waals surface area (Å²) in [5.74, 6) is 1.17. The second kappa shape index (κ2) is 7.35. The van der Waals surface area contributed by atoms with Crippen LogP contribution in [-0.4, -0.2) is 23.1 Å². The largest absolute Gasteiger partial charge is 0.313 e. The van der Waals surface area contributed by atoms with E-state index in [-0.39, 0.29) is 0 Å². The Labute approximate surface area is 123 Å². The smallest absolute Gasteiger partial charge is 0.0198 e. The van der Waals surface area contributed by atoms with Gasteiger partial charge in [0.15, 0.2) is 0 Å². The number of thioether (sulfide) groups is 1. The van der Waals surface area contributed by atoms with Crippen LogP contribution in [-0.2, 0) is 6.42 Å². The monoisotopic (exact) mass is 279 g/mol. The van der Waals surface area contributed by atoms with Gasteiger partial charge in [-0.05, 0) is 32.4 Å². The van der Waals surface area contributed by atoms with Crippen LogP contribution in [0.4, 0.5) is 0 Å². The van der Waals surface area contributed by atoms with Gasteiger partial charge in [0.05, 0.1) is 0 Å². The Morgan fingerprint density at radius 3 is 2.16 bits per heavy atom. The average molecular weight is 279 g/mol. The summed E-state index contributed by atoms with van der Waals surface area (Å²) in [5.41, 5.74) is 4.19. The fourth-order valence-electron chi connectivity index (χ4n) is 2.30. The summed E-state index contributed by atoms with van der Waals surface area (Å²) in [7, 11) is 0. The van der Waals surface area contributed by atoms with Crippen LogP contribution in [0.5, 0.6) is 0 Å². The van der Waals surface area contributed by atoms with Gasteiger partial charge in [-0.15, -0.1) is 0 Å². The van der Waals surface area contributed by atoms with E-state index in [9.17, 15) is 0 Å². The molecule has 0 bridgehead atoms. The molecule has 0 aliphatic rings. The molecule has 0 amide bonds. The molecule has 2 heteroatoms. The van der Waals surface area contributed by atoms with E-state index in [1.54, 1.807) is 0 Å². The number of hydrogen-bond donors (Lipinski definition) is 1. The molecule has 1 aromatic carbocycles. The SMILES string of the molecule is CCNC(CSC(C)(C)C)Cc1cc(C)cc(C)c1. The first kappa shape index (κ1) is 16.6. The lowest BCUT2D eigenvalue weighted by atomic mass is 10.0. The van der Waals surface area contributed by atoms with E-state index < -0.39 is 0 Å². The van der Waals surface area contributed by atoms with Crippen molar-refractivity contribution >= 4 is 11.8 Å². The summed E-state index contributed by atoms with van der Waals surface area (Å²) < 4.78 is 0.343. The second-order valence-electron chi connectivity index (χ2n) is 6.38. The van der Waals surface area contributed by atoms with Crippen LogP contribution in [0.3, 0.4) is 0 Å². The van der Waals surface area contributed by atoms with Gasteiger partial charge < -0.3 is 5.32 Å². The molecule has 0 heterocycles. The van der Waals surface area contributed by atoms with Crippen LogP contribution in [0.1, 0.15) is 44.4 Å². The van der Waals surface area contributed by atoms with Crippen LogP contribution in [0.2, 0.25) is 0 Å². The molecule has 0 aliphatic heterocycles. The highest BCUT2D eigenvalue weighted by molar-refractivity contribution is 8.00. The number of rotatable bonds is 6. The molecule has 1 N–H and O–H groups in total. The van der Waals surface area contributed by atoms with Gasteiger partial charge in [0, 0.05) is 16.5 Å². The molecule has 0 spiro atoms. The van der Waals surface area contributed by atoms with E-state index in [4.69, 9.17) is 0 Å². The number of hydrogen-bond acceptors (Lipinski definition) is 2. The van der Waals surface area contributed by atoms with Gasteiger partial charge in [-0.2, -0.15) is 11.8 Å². The lowest BCUT2D eigenvalue weighted by Gasteiger charge is -2.24. The molecule has 0 radical (unpaired) electrons. The fourth-order valence-corrected chi connectivity index (χ4v) is 3.24. The highest BCUT2D eigenvalue weighted by Gasteiger charge is 2.15. The van der Waals surface area contributed by atoms with Crippen molar-refractivity contribution in [3.05, 3.63) is 34.9 Å². The summed E-state index contributed by atoms with van der Waals surface area (Å²) in [6, 6.07) is 7.45. The maximum absolute atomic E-state index is 3.62. The summed E-state index contributed by atoms with van der Waals surface area (Å²) in [6.45, 7) is 14.5. The van der Waals surface area contributed by atoms with Crippen molar-refractivity contribution in [2.45, 2.75) is 58.8 Å². The quantitative estimate of drug-likeness (QED) is 0.830. The van der Waals surface area contributed by atoms with Gasteiger partial charge in [0.25, 0.3) is 0 Å². The molecule has 0 saturated carbocycles. The topological polar surface area (TPSA) is 12.0 Å². The third-order valence-corrected chi connectivity index (χ3v) is 4.41. The van der Waals surface area contributed by atoms with Gasteiger partial charge in [0.2, 0.25) is 0 Å². The van der Waals surface area contributed by atoms with E-state index in [2.05, 4.69) is 65.1 Å². The Hall–Kier alpha value is -0.470. The van der Waals surface area contributed by atoms with Crippen LogP contribution >= 0.6 is 11.8 Å². The van der Waals surface area contributed by atoms with Crippen molar-refractivity contribution in [1.29, 1.82) is 0 Å². The zero-order valence-electron chi connectivity index (χ0n) is 13.3. The van der Waals surface area contributed by atoms with Crippen molar-refractivity contribution in [1.82, 2.24) is 5.32 Å². The third kappa shape index (κ3) is 7.03. The first-order valence-corrected chi connectivity index (χ1v) is 8.23. The van der Waals surface area contributed by atoms with Gasteiger partial charge in [-0.3, -0.25) is 0 Å². The molecule has 108 valence electrons. The molecule has 0 saturated heterocycles. The van der Waals surface area contributed by atoms with Crippen LogP contribution < -0.4 is 5.32 Å². The van der Waals surface area contributed by atoms with Crippen molar-refractivity contribution in [2.75, 3.05) is 12.3 Å². The lowest BCUT2D eigenvalue weighted by molar-refractivity contribution is 0.570. The van der Waals surface area contributed by atoms with Crippen molar-refractivity contribution in [3.8, 4) is 0 Å². The summed E-state index contributed by atoms with van der Waals surface area (Å²) in [5, 5.41) is 3.62. The number of nitrogens with one attached hydrogen (secondary N) is 1. The first-order valence-electron chi connectivity index (χ1n) is 7.24. The fraction of sp³-hybridized carbons (Fsp3) is 0.647. The van der Waals surface area contributed by atoms with E-state index in [0.29, 0.717) is 10.8 Å². The van der Waals surface area contributed by atoms with E-state index >= 15 is 0 Å². The molecule has 0 aliphatic carbocycles. The van der Waals surface area contributed by atoms with Crippen LogP contribution in [0, 0.1) is 13.8 Å². The molecule has 1 atom stereocenters. The summed E-state index contributed by atoms with van der Waals surface area (Å²) >= 11 is 2.05. The van der Waals surface area contributed by atoms with Crippen LogP contribution in [0.15, 0.2) is 18.2 Å². The third-order valence-electron chi connectivity index (χ3n) is 2.97. The summed E-state index contributed by atoms with van der Waals surface area (Å²) in [6.07, 6.45) is 1.12. The minimum atomic E-state index is 0.343. The minimum Gasteiger partial charge on any atom is -0.313 e. The molecule has 0 fully saturated rings. The molecule has 0 aromatic heterocycles. The van der Waals surface area contributed by atoms with E-state index in [1.165, 1.54) is 22.4 Å². The molecular formula is C17H29NS. The Kier molecular flexibility index (Phi) is 6.41. The number of benzene rings is 1. The van der Waals surface area contributed by atoms with Gasteiger partial charge in [-0.25, -0.2) is 0 Å². The predicted molar refractivity (Wildman–Crippen MR) is 89.3 cm³/mol. The number of aryl methyl sites for hydroxylation is 2. The zero-order valence-corrected chi connectivity index (χ0v) is 14.2. The second-order valence-corrected chi connectivity index (χ2v) is 8.22. The maximum atomic E-state index is 3.62. The molecular weight excluding hydrogens is 250 g/mol. The molecule has 1 nitrogen and oxygen atoms in total. The zero-order chi connectivity index (χ0) is 14.5. The Balaban J connectivity index is 2.66. The van der Waals surface area contributed by atoms with Crippen molar-refractivity contribution in [3.63, 3.8) is 0 Å². The maximum Gasteiger partial charge on any atom is 0.0198 e. The van der Waals surface area contributed by atoms with E-state index in [0.717, 1.165) is 13.0 Å². The Morgan fingerprint density at radius 1 is 1.11 bits per heavy atom. The van der Waals surface area contributed by atoms with Gasteiger partial charge in [0.1, 0.15) is 0 Å². The standard InChI is InChI=1S/C17H29NS/c1-7-18-16(12-19-17(4,5)6)11-15-9-13(2)8-14(3)10-15/h8-10,16,18H,7,11-12H2,1-6H3. The normalized spacial score (nSPS) is 13.6. The Bertz CT molecular complexity index is 372. The highest BCUT2D eigenvalue weighted by Crippen LogP contribution is 2.24. The van der Waals surface area contributed by atoms with Crippen molar-refractivity contribution < 1.29 is 0 Å². The molecule has 1 rings (SSSR count). The van der Waals surface area contributed by atoms with Gasteiger partial charge in [-0.1, -0.05) is 57.0 Å². The Morgan fingerprint density at radius 2 is 1.68 bits per heavy atom. The minimum absolute atomic E-state index is 0.343. The lowest BCUT2D eigenvalue weighted by Crippen LogP contribution is -2.34. The number of likely N-dealkylation sites (N-methyl/N-ethyl adjacent to an activating group) is 1. The van der Waals surface area contributed by atoms with Gasteiger partial charge >= 0.3 is 0 Å². The van der Waals surface area contributed by atoms with E-state index in [1.807, 2.05) is 11.8 Å². The first-order chi connectivity index (χ1) is 8.80. The van der Waals surface area contributed by atoms with Crippen LogP contribution in [0.25, 0.3) is 0 Å². The van der Waals surface area contributed by atoms with Crippen molar-refractivity contribution in [2.24, 2.45) is 0 Å².